The van der Waals surface area contributed by atoms with Gasteiger partial charge in [0.25, 0.3) is 0 Å². The number of hydrogen-bond donors (Lipinski definition) is 3. The third kappa shape index (κ3) is 6.40. The number of benzene rings is 1. The van der Waals surface area contributed by atoms with Gasteiger partial charge in [0.1, 0.15) is 17.8 Å². The first-order valence-electron chi connectivity index (χ1n) is 14.9. The molecule has 2 atom stereocenters. The number of likely N-dealkylation sites (tertiary alicyclic amines) is 1. The first-order valence-corrected chi connectivity index (χ1v) is 16.8. The van der Waals surface area contributed by atoms with Gasteiger partial charge in [-0.15, -0.1) is 0 Å². The second-order valence-corrected chi connectivity index (χ2v) is 14.2. The minimum absolute atomic E-state index is 0.0255. The Balaban J connectivity index is 1.05. The molecule has 2 unspecified atom stereocenters. The van der Waals surface area contributed by atoms with E-state index >= 15 is 0 Å². The number of piperidine rings is 1. The molecule has 0 radical (unpaired) electrons. The van der Waals surface area contributed by atoms with E-state index in [9.17, 15) is 23.4 Å². The summed E-state index contributed by atoms with van der Waals surface area (Å²) < 4.78 is 31.7. The number of aliphatic carboxylic acids is 1. The van der Waals surface area contributed by atoms with Crippen molar-refractivity contribution in [3.05, 3.63) is 42.7 Å². The second-order valence-electron chi connectivity index (χ2n) is 12.0. The SMILES string of the molecule is O=C(O)C1CCN(C(O)C2CCC(Nc3nccc(-n4ccc5c(OCC6CCS(=O)(=O)C6)cccc54)n3)CC2)CC1. The fourth-order valence-electron chi connectivity index (χ4n) is 6.68. The molecule has 0 spiro atoms. The highest BCUT2D eigenvalue weighted by atomic mass is 32.2. The lowest BCUT2D eigenvalue weighted by molar-refractivity contribution is -0.145. The number of fused-ring (bicyclic) bond motifs is 1. The highest BCUT2D eigenvalue weighted by molar-refractivity contribution is 7.91. The largest absolute Gasteiger partial charge is 0.493 e. The smallest absolute Gasteiger partial charge is 0.306 e. The summed E-state index contributed by atoms with van der Waals surface area (Å²) in [6.07, 6.45) is 8.57. The fraction of sp³-hybridized carbons (Fsp3) is 0.567. The van der Waals surface area contributed by atoms with Crippen LogP contribution in [0.3, 0.4) is 0 Å². The van der Waals surface area contributed by atoms with Crippen molar-refractivity contribution in [1.82, 2.24) is 19.4 Å². The van der Waals surface area contributed by atoms with E-state index in [1.54, 1.807) is 6.20 Å². The van der Waals surface area contributed by atoms with Gasteiger partial charge < -0.3 is 24.8 Å². The number of ether oxygens (including phenoxy) is 1. The number of carboxylic acid groups (broad SMARTS) is 1. The van der Waals surface area contributed by atoms with Crippen molar-refractivity contribution in [3.63, 3.8) is 0 Å². The lowest BCUT2D eigenvalue weighted by atomic mass is 9.84. The lowest BCUT2D eigenvalue weighted by Crippen LogP contribution is -2.47. The number of carbonyl (C=O) groups is 1. The van der Waals surface area contributed by atoms with Gasteiger partial charge in [0.05, 0.1) is 29.5 Å². The zero-order valence-corrected chi connectivity index (χ0v) is 24.5. The average molecular weight is 598 g/mol. The summed E-state index contributed by atoms with van der Waals surface area (Å²) in [5.74, 6) is 1.62. The molecule has 0 amide bonds. The predicted octanol–water partition coefficient (Wildman–Crippen LogP) is 3.32. The third-order valence-electron chi connectivity index (χ3n) is 9.16. The van der Waals surface area contributed by atoms with Crippen LogP contribution in [0.4, 0.5) is 5.95 Å². The van der Waals surface area contributed by atoms with Crippen LogP contribution in [0.15, 0.2) is 42.7 Å². The van der Waals surface area contributed by atoms with Gasteiger partial charge in [-0.1, -0.05) is 6.07 Å². The molecule has 3 fully saturated rings. The molecule has 11 nitrogen and oxygen atoms in total. The molecule has 3 aromatic rings. The predicted molar refractivity (Wildman–Crippen MR) is 158 cm³/mol. The van der Waals surface area contributed by atoms with E-state index in [2.05, 4.69) is 10.3 Å². The Morgan fingerprint density at radius 1 is 1.07 bits per heavy atom. The molecule has 2 aliphatic heterocycles. The van der Waals surface area contributed by atoms with Crippen molar-refractivity contribution in [2.75, 3.05) is 36.5 Å². The zero-order chi connectivity index (χ0) is 29.3. The molecule has 6 rings (SSSR count). The summed E-state index contributed by atoms with van der Waals surface area (Å²) in [6.45, 7) is 1.64. The Kier molecular flexibility index (Phi) is 8.37. The van der Waals surface area contributed by atoms with Crippen LogP contribution in [-0.2, 0) is 14.6 Å². The number of sulfone groups is 1. The molecule has 1 aromatic carbocycles. The van der Waals surface area contributed by atoms with Crippen molar-refractivity contribution in [2.45, 2.75) is 57.2 Å². The highest BCUT2D eigenvalue weighted by Crippen LogP contribution is 2.33. The number of aliphatic hydroxyl groups excluding tert-OH is 1. The molecule has 1 aliphatic carbocycles. The van der Waals surface area contributed by atoms with E-state index in [0.29, 0.717) is 44.9 Å². The molecule has 3 aliphatic rings. The number of hydrogen-bond acceptors (Lipinski definition) is 9. The van der Waals surface area contributed by atoms with Gasteiger partial charge in [0.15, 0.2) is 9.84 Å². The molecular formula is C30H39N5O6S. The van der Waals surface area contributed by atoms with Gasteiger partial charge in [-0.2, -0.15) is 4.98 Å². The molecule has 4 heterocycles. The molecule has 12 heteroatoms. The average Bonchev–Trinajstić information content (AvgIpc) is 3.59. The summed E-state index contributed by atoms with van der Waals surface area (Å²) in [7, 11) is -2.94. The molecule has 42 heavy (non-hydrogen) atoms. The van der Waals surface area contributed by atoms with Crippen LogP contribution in [0.25, 0.3) is 16.7 Å². The Morgan fingerprint density at radius 3 is 2.57 bits per heavy atom. The van der Waals surface area contributed by atoms with Crippen LogP contribution in [0, 0.1) is 17.8 Å². The van der Waals surface area contributed by atoms with Crippen molar-refractivity contribution in [2.24, 2.45) is 17.8 Å². The highest BCUT2D eigenvalue weighted by Gasteiger charge is 2.34. The van der Waals surface area contributed by atoms with Gasteiger partial charge in [-0.05, 0) is 75.1 Å². The first-order chi connectivity index (χ1) is 20.3. The molecule has 2 aromatic heterocycles. The summed E-state index contributed by atoms with van der Waals surface area (Å²) in [4.78, 5) is 22.5. The Hall–Kier alpha value is -3.22. The topological polar surface area (TPSA) is 147 Å². The summed E-state index contributed by atoms with van der Waals surface area (Å²) in [5, 5.41) is 24.6. The van der Waals surface area contributed by atoms with E-state index in [4.69, 9.17) is 9.72 Å². The van der Waals surface area contributed by atoms with Crippen LogP contribution in [0.1, 0.15) is 44.9 Å². The van der Waals surface area contributed by atoms with Crippen LogP contribution in [0.5, 0.6) is 5.75 Å². The van der Waals surface area contributed by atoms with E-state index in [0.717, 1.165) is 48.2 Å². The second kappa shape index (κ2) is 12.2. The van der Waals surface area contributed by atoms with Gasteiger partial charge in [0, 0.05) is 42.8 Å². The maximum absolute atomic E-state index is 11.8. The van der Waals surface area contributed by atoms with Crippen molar-refractivity contribution >= 4 is 32.7 Å². The number of aliphatic hydroxyl groups is 1. The Morgan fingerprint density at radius 2 is 1.86 bits per heavy atom. The Bertz CT molecular complexity index is 1510. The number of aromatic nitrogens is 3. The summed E-state index contributed by atoms with van der Waals surface area (Å²) >= 11 is 0. The quantitative estimate of drug-likeness (QED) is 0.336. The normalized spacial score (nSPS) is 25.8. The molecule has 0 bridgehead atoms. The maximum atomic E-state index is 11.8. The van der Waals surface area contributed by atoms with Gasteiger partial charge in [-0.25, -0.2) is 13.4 Å². The lowest BCUT2D eigenvalue weighted by Gasteiger charge is -2.40. The fourth-order valence-corrected chi connectivity index (χ4v) is 8.52. The minimum Gasteiger partial charge on any atom is -0.493 e. The molecule has 226 valence electrons. The number of rotatable bonds is 9. The van der Waals surface area contributed by atoms with Crippen LogP contribution >= 0.6 is 0 Å². The molecular weight excluding hydrogens is 558 g/mol. The van der Waals surface area contributed by atoms with Crippen molar-refractivity contribution < 1.29 is 28.2 Å². The van der Waals surface area contributed by atoms with Crippen molar-refractivity contribution in [3.8, 4) is 11.6 Å². The monoisotopic (exact) mass is 597 g/mol. The van der Waals surface area contributed by atoms with Crippen LogP contribution in [-0.4, -0.2) is 87.5 Å². The molecule has 1 saturated carbocycles. The van der Waals surface area contributed by atoms with E-state index in [1.807, 2.05) is 46.0 Å². The van der Waals surface area contributed by atoms with Crippen molar-refractivity contribution in [1.29, 1.82) is 0 Å². The Labute approximate surface area is 245 Å². The zero-order valence-electron chi connectivity index (χ0n) is 23.6. The van der Waals surface area contributed by atoms with E-state index in [-0.39, 0.29) is 35.3 Å². The van der Waals surface area contributed by atoms with Gasteiger partial charge in [-0.3, -0.25) is 9.69 Å². The summed E-state index contributed by atoms with van der Waals surface area (Å²) in [6, 6.07) is 9.91. The number of anilines is 1. The maximum Gasteiger partial charge on any atom is 0.306 e. The first kappa shape index (κ1) is 28.9. The van der Waals surface area contributed by atoms with Crippen LogP contribution < -0.4 is 10.1 Å². The van der Waals surface area contributed by atoms with Gasteiger partial charge in [0.2, 0.25) is 5.95 Å². The molecule has 3 N–H and O–H groups in total. The standard InChI is InChI=1S/C30H39N5O6S/c36-28(34-14-9-22(10-15-34)29(37)38)21-4-6-23(7-5-21)32-30-31-13-8-27(33-30)35-16-11-24-25(35)2-1-3-26(24)41-18-20-12-17-42(39,40)19-20/h1-3,8,11,13,16,20-23,28,36H,4-7,9-10,12,14-15,17-19H2,(H,37,38)(H,31,32,33). The van der Waals surface area contributed by atoms with Crippen LogP contribution in [0.2, 0.25) is 0 Å². The van der Waals surface area contributed by atoms with Gasteiger partial charge >= 0.3 is 5.97 Å². The van der Waals surface area contributed by atoms with E-state index in [1.165, 1.54) is 0 Å². The number of nitrogens with one attached hydrogen (secondary N) is 1. The minimum atomic E-state index is -2.94. The number of nitrogens with zero attached hydrogens (tertiary/aromatic N) is 4. The number of carboxylic acids is 1. The van der Waals surface area contributed by atoms with E-state index < -0.39 is 22.0 Å². The third-order valence-corrected chi connectivity index (χ3v) is 11.0. The summed E-state index contributed by atoms with van der Waals surface area (Å²) in [5.41, 5.74) is 0.943. The molecule has 2 saturated heterocycles.